The Labute approximate surface area is 92.7 Å². The maximum absolute atomic E-state index is 12.9. The third-order valence-electron chi connectivity index (χ3n) is 2.56. The molecule has 16 heavy (non-hydrogen) atoms. The molecular formula is C11H13FN4. The number of nitrogens with zero attached hydrogens (tertiary/aromatic N) is 2. The second-order valence-corrected chi connectivity index (χ2v) is 3.78. The monoisotopic (exact) mass is 220 g/mol. The first-order valence-electron chi connectivity index (χ1n) is 5.03. The third-order valence-corrected chi connectivity index (χ3v) is 2.56. The average molecular weight is 220 g/mol. The molecule has 2 rings (SSSR count). The summed E-state index contributed by atoms with van der Waals surface area (Å²) >= 11 is 0. The van der Waals surface area contributed by atoms with Crippen molar-refractivity contribution >= 4 is 0 Å². The van der Waals surface area contributed by atoms with E-state index in [9.17, 15) is 4.39 Å². The predicted molar refractivity (Wildman–Crippen MR) is 58.2 cm³/mol. The number of nitrogens with one attached hydrogen (secondary N) is 1. The molecule has 0 aliphatic rings. The Balaban J connectivity index is 2.15. The van der Waals surface area contributed by atoms with Crippen LogP contribution in [-0.4, -0.2) is 15.4 Å². The van der Waals surface area contributed by atoms with Crippen LogP contribution in [0.4, 0.5) is 4.39 Å². The summed E-state index contributed by atoms with van der Waals surface area (Å²) < 4.78 is 12.9. The first-order valence-corrected chi connectivity index (χ1v) is 5.03. The van der Waals surface area contributed by atoms with Gasteiger partial charge in [0.05, 0.1) is 17.9 Å². The molecule has 1 heterocycles. The topological polar surface area (TPSA) is 67.6 Å². The summed E-state index contributed by atoms with van der Waals surface area (Å²) in [7, 11) is 0. The Morgan fingerprint density at radius 1 is 1.50 bits per heavy atom. The van der Waals surface area contributed by atoms with Gasteiger partial charge in [0.1, 0.15) is 5.82 Å². The first kappa shape index (κ1) is 10.8. The number of nitrogens with two attached hydrogens (primary N) is 1. The summed E-state index contributed by atoms with van der Waals surface area (Å²) in [6, 6.07) is 4.48. The van der Waals surface area contributed by atoms with E-state index in [1.165, 1.54) is 12.1 Å². The van der Waals surface area contributed by atoms with Gasteiger partial charge in [-0.1, -0.05) is 6.07 Å². The second kappa shape index (κ2) is 4.40. The fourth-order valence-electron chi connectivity index (χ4n) is 1.62. The molecule has 0 saturated carbocycles. The molecule has 0 aliphatic heterocycles. The molecule has 4 nitrogen and oxygen atoms in total. The number of aryl methyl sites for hydroxylation is 1. The lowest BCUT2D eigenvalue weighted by Crippen LogP contribution is -2.14. The highest BCUT2D eigenvalue weighted by atomic mass is 19.1. The number of hydrogen-bond donors (Lipinski definition) is 2. The van der Waals surface area contributed by atoms with Gasteiger partial charge >= 0.3 is 0 Å². The maximum Gasteiger partial charge on any atom is 0.123 e. The van der Waals surface area contributed by atoms with Crippen molar-refractivity contribution in [1.82, 2.24) is 15.4 Å². The summed E-state index contributed by atoms with van der Waals surface area (Å²) in [5, 5.41) is 10.1. The summed E-state index contributed by atoms with van der Waals surface area (Å²) in [6.07, 6.45) is 2.22. The standard InChI is InChI=1S/C11H13FN4/c1-7-4-9(12)3-2-8(7)5-10(13)11-6-14-16-15-11/h2-4,6,10H,5,13H2,1H3,(H,14,15,16). The normalized spacial score (nSPS) is 12.7. The van der Waals surface area contributed by atoms with E-state index in [0.29, 0.717) is 12.1 Å². The fourth-order valence-corrected chi connectivity index (χ4v) is 1.62. The largest absolute Gasteiger partial charge is 0.322 e. The zero-order chi connectivity index (χ0) is 11.5. The van der Waals surface area contributed by atoms with E-state index in [-0.39, 0.29) is 11.9 Å². The highest BCUT2D eigenvalue weighted by Crippen LogP contribution is 2.17. The van der Waals surface area contributed by atoms with E-state index >= 15 is 0 Å². The molecule has 2 aromatic rings. The van der Waals surface area contributed by atoms with Crippen LogP contribution in [0, 0.1) is 12.7 Å². The molecule has 5 heteroatoms. The number of aromatic nitrogens is 3. The Morgan fingerprint density at radius 3 is 2.94 bits per heavy atom. The molecular weight excluding hydrogens is 207 g/mol. The molecule has 3 N–H and O–H groups in total. The molecule has 0 saturated heterocycles. The van der Waals surface area contributed by atoms with Crippen LogP contribution in [0.25, 0.3) is 0 Å². The number of aromatic amines is 1. The molecule has 0 radical (unpaired) electrons. The van der Waals surface area contributed by atoms with Gasteiger partial charge in [0.25, 0.3) is 0 Å². The van der Waals surface area contributed by atoms with E-state index < -0.39 is 0 Å². The van der Waals surface area contributed by atoms with Gasteiger partial charge in [-0.2, -0.15) is 15.4 Å². The fraction of sp³-hybridized carbons (Fsp3) is 0.273. The summed E-state index contributed by atoms with van der Waals surface area (Å²) in [6.45, 7) is 1.87. The number of benzene rings is 1. The minimum atomic E-state index is -0.226. The van der Waals surface area contributed by atoms with Crippen LogP contribution < -0.4 is 5.73 Å². The summed E-state index contributed by atoms with van der Waals surface area (Å²) in [4.78, 5) is 0. The molecule has 0 fully saturated rings. The highest BCUT2D eigenvalue weighted by molar-refractivity contribution is 5.28. The summed E-state index contributed by atoms with van der Waals surface area (Å²) in [5.74, 6) is -0.226. The van der Waals surface area contributed by atoms with E-state index in [0.717, 1.165) is 11.1 Å². The molecule has 0 amide bonds. The van der Waals surface area contributed by atoms with Crippen molar-refractivity contribution in [2.24, 2.45) is 5.73 Å². The molecule has 1 aromatic heterocycles. The molecule has 84 valence electrons. The number of hydrogen-bond acceptors (Lipinski definition) is 3. The van der Waals surface area contributed by atoms with Gasteiger partial charge in [-0.05, 0) is 36.6 Å². The lowest BCUT2D eigenvalue weighted by molar-refractivity contribution is 0.623. The summed E-state index contributed by atoms with van der Waals surface area (Å²) in [5.41, 5.74) is 8.60. The van der Waals surface area contributed by atoms with E-state index in [4.69, 9.17) is 5.73 Å². The second-order valence-electron chi connectivity index (χ2n) is 3.78. The number of halogens is 1. The zero-order valence-electron chi connectivity index (χ0n) is 8.94. The molecule has 0 spiro atoms. The van der Waals surface area contributed by atoms with Gasteiger partial charge in [-0.3, -0.25) is 0 Å². The SMILES string of the molecule is Cc1cc(F)ccc1CC(N)c1cn[nH]n1. The predicted octanol–water partition coefficient (Wildman–Crippen LogP) is 1.49. The minimum Gasteiger partial charge on any atom is -0.322 e. The first-order chi connectivity index (χ1) is 7.66. The highest BCUT2D eigenvalue weighted by Gasteiger charge is 2.11. The number of H-pyrrole nitrogens is 1. The molecule has 1 aromatic carbocycles. The van der Waals surface area contributed by atoms with Crippen LogP contribution in [0.5, 0.6) is 0 Å². The maximum atomic E-state index is 12.9. The molecule has 0 bridgehead atoms. The lowest BCUT2D eigenvalue weighted by Gasteiger charge is -2.10. The van der Waals surface area contributed by atoms with Crippen molar-refractivity contribution in [2.45, 2.75) is 19.4 Å². The molecule has 1 atom stereocenters. The van der Waals surface area contributed by atoms with Crippen LogP contribution in [0.2, 0.25) is 0 Å². The van der Waals surface area contributed by atoms with Crippen LogP contribution >= 0.6 is 0 Å². The quantitative estimate of drug-likeness (QED) is 0.823. The molecule has 0 aliphatic carbocycles. The van der Waals surface area contributed by atoms with Crippen molar-refractivity contribution in [3.63, 3.8) is 0 Å². The van der Waals surface area contributed by atoms with Gasteiger partial charge in [-0.25, -0.2) is 4.39 Å². The van der Waals surface area contributed by atoms with E-state index in [1.54, 1.807) is 12.3 Å². The minimum absolute atomic E-state index is 0.220. The smallest absolute Gasteiger partial charge is 0.123 e. The third kappa shape index (κ3) is 2.25. The van der Waals surface area contributed by atoms with Crippen LogP contribution in [0.15, 0.2) is 24.4 Å². The Morgan fingerprint density at radius 2 is 2.31 bits per heavy atom. The van der Waals surface area contributed by atoms with Crippen molar-refractivity contribution < 1.29 is 4.39 Å². The van der Waals surface area contributed by atoms with Crippen molar-refractivity contribution in [1.29, 1.82) is 0 Å². The average Bonchev–Trinajstić information content (AvgIpc) is 2.75. The van der Waals surface area contributed by atoms with Gasteiger partial charge in [0.15, 0.2) is 0 Å². The van der Waals surface area contributed by atoms with Crippen molar-refractivity contribution in [3.8, 4) is 0 Å². The lowest BCUT2D eigenvalue weighted by atomic mass is 10.00. The van der Waals surface area contributed by atoms with E-state index in [2.05, 4.69) is 15.4 Å². The Kier molecular flexibility index (Phi) is 2.96. The van der Waals surface area contributed by atoms with Crippen LogP contribution in [0.3, 0.4) is 0 Å². The zero-order valence-corrected chi connectivity index (χ0v) is 8.94. The van der Waals surface area contributed by atoms with Gasteiger partial charge < -0.3 is 5.73 Å². The van der Waals surface area contributed by atoms with Crippen molar-refractivity contribution in [2.75, 3.05) is 0 Å². The van der Waals surface area contributed by atoms with Crippen LogP contribution in [-0.2, 0) is 6.42 Å². The Hall–Kier alpha value is -1.75. The van der Waals surface area contributed by atoms with Crippen LogP contribution in [0.1, 0.15) is 22.9 Å². The molecule has 1 unspecified atom stereocenters. The number of rotatable bonds is 3. The van der Waals surface area contributed by atoms with Gasteiger partial charge in [0.2, 0.25) is 0 Å². The Bertz CT molecular complexity index is 467. The van der Waals surface area contributed by atoms with Gasteiger partial charge in [-0.15, -0.1) is 0 Å². The van der Waals surface area contributed by atoms with Gasteiger partial charge in [0, 0.05) is 0 Å². The van der Waals surface area contributed by atoms with Crippen molar-refractivity contribution in [3.05, 3.63) is 47.0 Å². The van der Waals surface area contributed by atoms with E-state index in [1.807, 2.05) is 6.92 Å².